The van der Waals surface area contributed by atoms with E-state index in [1.165, 1.54) is 12.1 Å². The first-order valence-electron chi connectivity index (χ1n) is 6.53. The number of carbonyl (C=O) groups excluding carboxylic acids is 1. The van der Waals surface area contributed by atoms with Crippen molar-refractivity contribution >= 4 is 11.6 Å². The molecule has 4 nitrogen and oxygen atoms in total. The topological polar surface area (TPSA) is 64.9 Å². The van der Waals surface area contributed by atoms with Gasteiger partial charge in [-0.2, -0.15) is 5.26 Å². The van der Waals surface area contributed by atoms with Crippen LogP contribution in [0.4, 0.5) is 14.5 Å². The minimum Gasteiger partial charge on any atom is -0.383 e. The molecule has 2 N–H and O–H groups in total. The van der Waals surface area contributed by atoms with E-state index >= 15 is 0 Å². The van der Waals surface area contributed by atoms with Crippen molar-refractivity contribution in [3.05, 3.63) is 29.3 Å². The second kappa shape index (κ2) is 6.33. The number of hydrogen-bond donors (Lipinski definition) is 2. The summed E-state index contributed by atoms with van der Waals surface area (Å²) in [6.07, 6.45) is 2.96. The summed E-state index contributed by atoms with van der Waals surface area (Å²) >= 11 is 0. The highest BCUT2D eigenvalue weighted by molar-refractivity contribution is 5.76. The highest BCUT2D eigenvalue weighted by atomic mass is 19.2. The summed E-state index contributed by atoms with van der Waals surface area (Å²) in [5, 5.41) is 14.1. The van der Waals surface area contributed by atoms with Gasteiger partial charge in [-0.05, 0) is 31.4 Å². The summed E-state index contributed by atoms with van der Waals surface area (Å²) in [5.74, 6) is -2.23. The molecule has 1 aromatic carbocycles. The van der Waals surface area contributed by atoms with Gasteiger partial charge in [0.1, 0.15) is 6.07 Å². The van der Waals surface area contributed by atoms with Crippen molar-refractivity contribution in [3.63, 3.8) is 0 Å². The second-order valence-corrected chi connectivity index (χ2v) is 4.77. The van der Waals surface area contributed by atoms with Gasteiger partial charge in [-0.3, -0.25) is 4.79 Å². The third-order valence-corrected chi connectivity index (χ3v) is 3.04. The van der Waals surface area contributed by atoms with Crippen molar-refractivity contribution in [1.82, 2.24) is 5.32 Å². The normalized spacial score (nSPS) is 13.7. The van der Waals surface area contributed by atoms with Crippen LogP contribution in [0.15, 0.2) is 12.1 Å². The number of hydrogen-bond acceptors (Lipinski definition) is 3. The third-order valence-electron chi connectivity index (χ3n) is 3.04. The lowest BCUT2D eigenvalue weighted by Crippen LogP contribution is -2.25. The number of carbonyl (C=O) groups is 1. The molecule has 1 fully saturated rings. The Balaban J connectivity index is 1.77. The predicted octanol–water partition coefficient (Wildman–Crippen LogP) is 2.31. The maximum atomic E-state index is 13.5. The molecule has 0 saturated heterocycles. The van der Waals surface area contributed by atoms with E-state index in [4.69, 9.17) is 5.26 Å². The van der Waals surface area contributed by atoms with Crippen LogP contribution in [0.1, 0.15) is 31.2 Å². The van der Waals surface area contributed by atoms with Crippen LogP contribution in [-0.4, -0.2) is 18.5 Å². The van der Waals surface area contributed by atoms with Gasteiger partial charge >= 0.3 is 0 Å². The molecule has 0 bridgehead atoms. The van der Waals surface area contributed by atoms with Crippen LogP contribution in [0, 0.1) is 23.0 Å². The number of nitrogens with zero attached hydrogens (tertiary/aromatic N) is 1. The van der Waals surface area contributed by atoms with Gasteiger partial charge in [0.25, 0.3) is 0 Å². The smallest absolute Gasteiger partial charge is 0.220 e. The molecule has 2 rings (SSSR count). The maximum absolute atomic E-state index is 13.5. The van der Waals surface area contributed by atoms with Gasteiger partial charge in [0, 0.05) is 19.0 Å². The highest BCUT2D eigenvalue weighted by Gasteiger charge is 2.22. The number of nitrogens with one attached hydrogen (secondary N) is 2. The zero-order valence-electron chi connectivity index (χ0n) is 10.9. The van der Waals surface area contributed by atoms with Crippen LogP contribution < -0.4 is 10.6 Å². The standard InChI is InChI=1S/C14H15F2N3O/c15-13-9(8-17)3-6-11(14(13)16)18-7-1-2-12(20)19-10-4-5-10/h3,6,10,18H,1-2,4-5,7H2,(H,19,20). The van der Waals surface area contributed by atoms with Gasteiger partial charge in [-0.15, -0.1) is 0 Å². The monoisotopic (exact) mass is 279 g/mol. The van der Waals surface area contributed by atoms with E-state index in [0.29, 0.717) is 25.4 Å². The molecule has 0 aromatic heterocycles. The van der Waals surface area contributed by atoms with Crippen molar-refractivity contribution in [2.45, 2.75) is 31.7 Å². The van der Waals surface area contributed by atoms with Crippen LogP contribution in [0.3, 0.4) is 0 Å². The van der Waals surface area contributed by atoms with Crippen molar-refractivity contribution in [2.75, 3.05) is 11.9 Å². The fraction of sp³-hybridized carbons (Fsp3) is 0.429. The van der Waals surface area contributed by atoms with E-state index in [9.17, 15) is 13.6 Å². The average molecular weight is 279 g/mol. The van der Waals surface area contributed by atoms with E-state index < -0.39 is 11.6 Å². The molecule has 106 valence electrons. The van der Waals surface area contributed by atoms with Gasteiger partial charge in [-0.1, -0.05) is 0 Å². The lowest BCUT2D eigenvalue weighted by molar-refractivity contribution is -0.121. The largest absolute Gasteiger partial charge is 0.383 e. The molecular formula is C14H15F2N3O. The highest BCUT2D eigenvalue weighted by Crippen LogP contribution is 2.20. The molecule has 1 aliphatic rings. The Labute approximate surface area is 115 Å². The van der Waals surface area contributed by atoms with Crippen molar-refractivity contribution in [3.8, 4) is 6.07 Å². The van der Waals surface area contributed by atoms with Crippen LogP contribution >= 0.6 is 0 Å². The molecule has 6 heteroatoms. The van der Waals surface area contributed by atoms with Crippen molar-refractivity contribution < 1.29 is 13.6 Å². The lowest BCUT2D eigenvalue weighted by atomic mass is 10.2. The number of nitriles is 1. The van der Waals surface area contributed by atoms with Gasteiger partial charge in [0.15, 0.2) is 11.6 Å². The minimum atomic E-state index is -1.15. The number of amides is 1. The predicted molar refractivity (Wildman–Crippen MR) is 70.0 cm³/mol. The molecular weight excluding hydrogens is 264 g/mol. The maximum Gasteiger partial charge on any atom is 0.220 e. The van der Waals surface area contributed by atoms with Gasteiger partial charge in [-0.25, -0.2) is 8.78 Å². The van der Waals surface area contributed by atoms with E-state index in [-0.39, 0.29) is 17.2 Å². The summed E-state index contributed by atoms with van der Waals surface area (Å²) in [4.78, 5) is 11.4. The fourth-order valence-corrected chi connectivity index (χ4v) is 1.77. The summed E-state index contributed by atoms with van der Waals surface area (Å²) < 4.78 is 26.9. The second-order valence-electron chi connectivity index (χ2n) is 4.77. The number of halogens is 2. The minimum absolute atomic E-state index is 0.00380. The SMILES string of the molecule is N#Cc1ccc(NCCCC(=O)NC2CC2)c(F)c1F. The Morgan fingerprint density at radius 1 is 1.35 bits per heavy atom. The molecule has 0 aliphatic heterocycles. The zero-order valence-corrected chi connectivity index (χ0v) is 10.9. The molecule has 1 aliphatic carbocycles. The summed E-state index contributed by atoms with van der Waals surface area (Å²) in [7, 11) is 0. The molecule has 0 heterocycles. The summed E-state index contributed by atoms with van der Waals surface area (Å²) in [5.41, 5.74) is -0.319. The molecule has 1 amide bonds. The molecule has 0 radical (unpaired) electrons. The van der Waals surface area contributed by atoms with Crippen molar-refractivity contribution in [2.24, 2.45) is 0 Å². The number of benzene rings is 1. The van der Waals surface area contributed by atoms with Crippen LogP contribution in [0.5, 0.6) is 0 Å². The molecule has 0 atom stereocenters. The Hall–Kier alpha value is -2.16. The fourth-order valence-electron chi connectivity index (χ4n) is 1.77. The van der Waals surface area contributed by atoms with Gasteiger partial charge in [0.2, 0.25) is 5.91 Å². The van der Waals surface area contributed by atoms with Crippen LogP contribution in [-0.2, 0) is 4.79 Å². The van der Waals surface area contributed by atoms with Crippen molar-refractivity contribution in [1.29, 1.82) is 5.26 Å². The summed E-state index contributed by atoms with van der Waals surface area (Å²) in [6, 6.07) is 4.45. The van der Waals surface area contributed by atoms with E-state index in [1.807, 2.05) is 0 Å². The number of anilines is 1. The molecule has 20 heavy (non-hydrogen) atoms. The van der Waals surface area contributed by atoms with Gasteiger partial charge < -0.3 is 10.6 Å². The zero-order chi connectivity index (χ0) is 14.5. The Kier molecular flexibility index (Phi) is 4.51. The van der Waals surface area contributed by atoms with E-state index in [0.717, 1.165) is 12.8 Å². The number of rotatable bonds is 6. The quantitative estimate of drug-likeness (QED) is 0.785. The lowest BCUT2D eigenvalue weighted by Gasteiger charge is -2.08. The first kappa shape index (κ1) is 14.3. The summed E-state index contributed by atoms with van der Waals surface area (Å²) in [6.45, 7) is 0.361. The Morgan fingerprint density at radius 2 is 2.10 bits per heavy atom. The first-order valence-corrected chi connectivity index (χ1v) is 6.53. The molecule has 1 saturated carbocycles. The van der Waals surface area contributed by atoms with Gasteiger partial charge in [0.05, 0.1) is 11.3 Å². The first-order chi connectivity index (χ1) is 9.61. The molecule has 0 spiro atoms. The Morgan fingerprint density at radius 3 is 2.75 bits per heavy atom. The van der Waals surface area contributed by atoms with E-state index in [2.05, 4.69) is 10.6 Å². The average Bonchev–Trinajstić information content (AvgIpc) is 3.23. The van der Waals surface area contributed by atoms with E-state index in [1.54, 1.807) is 6.07 Å². The molecule has 0 unspecified atom stereocenters. The van der Waals surface area contributed by atoms with Crippen LogP contribution in [0.2, 0.25) is 0 Å². The third kappa shape index (κ3) is 3.67. The molecule has 1 aromatic rings. The van der Waals surface area contributed by atoms with Crippen LogP contribution in [0.25, 0.3) is 0 Å². The Bertz CT molecular complexity index is 550.